The van der Waals surface area contributed by atoms with E-state index in [9.17, 15) is 9.59 Å². The molecule has 0 fully saturated rings. The van der Waals surface area contributed by atoms with Crippen molar-refractivity contribution >= 4 is 12.1 Å². The van der Waals surface area contributed by atoms with Crippen molar-refractivity contribution in [3.8, 4) is 5.75 Å². The van der Waals surface area contributed by atoms with Crippen LogP contribution in [0.3, 0.4) is 0 Å². The topological polar surface area (TPSA) is 87.9 Å². The summed E-state index contributed by atoms with van der Waals surface area (Å²) in [6.45, 7) is -0.349. The standard InChI is InChI=1S/C11H13NO5/c1-15-9-4-2-8(3-5-9)7-16-11(14)17-10(13)6-12/h2-5H,6-7,12H2,1H3. The second-order valence-electron chi connectivity index (χ2n) is 3.06. The van der Waals surface area contributed by atoms with Gasteiger partial charge in [-0.25, -0.2) is 4.79 Å². The van der Waals surface area contributed by atoms with Crippen LogP contribution in [0.15, 0.2) is 24.3 Å². The van der Waals surface area contributed by atoms with E-state index in [2.05, 4.69) is 4.74 Å². The van der Waals surface area contributed by atoms with Gasteiger partial charge in [0.05, 0.1) is 13.7 Å². The summed E-state index contributed by atoms with van der Waals surface area (Å²) >= 11 is 0. The second-order valence-corrected chi connectivity index (χ2v) is 3.06. The Morgan fingerprint density at radius 2 is 1.88 bits per heavy atom. The maximum absolute atomic E-state index is 11.0. The monoisotopic (exact) mass is 239 g/mol. The van der Waals surface area contributed by atoms with Gasteiger partial charge in [0.2, 0.25) is 0 Å². The van der Waals surface area contributed by atoms with E-state index < -0.39 is 12.1 Å². The van der Waals surface area contributed by atoms with Crippen LogP contribution in [0.25, 0.3) is 0 Å². The lowest BCUT2D eigenvalue weighted by Gasteiger charge is -2.05. The Kier molecular flexibility index (Phi) is 4.96. The average Bonchev–Trinajstić information content (AvgIpc) is 2.36. The number of benzene rings is 1. The van der Waals surface area contributed by atoms with Gasteiger partial charge >= 0.3 is 12.1 Å². The van der Waals surface area contributed by atoms with Gasteiger partial charge in [0.25, 0.3) is 0 Å². The SMILES string of the molecule is COc1ccc(COC(=O)OC(=O)CN)cc1. The molecule has 0 aromatic heterocycles. The van der Waals surface area contributed by atoms with Crippen LogP contribution in [0.2, 0.25) is 0 Å². The fourth-order valence-electron chi connectivity index (χ4n) is 1.03. The van der Waals surface area contributed by atoms with Gasteiger partial charge in [-0.3, -0.25) is 4.79 Å². The first-order chi connectivity index (χ1) is 8.15. The molecule has 0 radical (unpaired) electrons. The minimum Gasteiger partial charge on any atom is -0.497 e. The Labute approximate surface area is 98.3 Å². The van der Waals surface area contributed by atoms with Crippen molar-refractivity contribution in [1.82, 2.24) is 0 Å². The fourth-order valence-corrected chi connectivity index (χ4v) is 1.03. The first-order valence-corrected chi connectivity index (χ1v) is 4.86. The van der Waals surface area contributed by atoms with Crippen LogP contribution in [-0.2, 0) is 20.9 Å². The van der Waals surface area contributed by atoms with E-state index in [-0.39, 0.29) is 13.2 Å². The molecule has 0 aliphatic heterocycles. The van der Waals surface area contributed by atoms with E-state index >= 15 is 0 Å². The number of nitrogens with two attached hydrogens (primary N) is 1. The minimum absolute atomic E-state index is 0.0146. The number of rotatable bonds is 4. The van der Waals surface area contributed by atoms with E-state index in [1.165, 1.54) is 0 Å². The third kappa shape index (κ3) is 4.52. The molecule has 0 saturated heterocycles. The number of hydrogen-bond acceptors (Lipinski definition) is 6. The molecule has 0 atom stereocenters. The molecule has 0 bridgehead atoms. The Bertz CT molecular complexity index is 387. The first kappa shape index (κ1) is 13.0. The Balaban J connectivity index is 2.39. The molecule has 6 heteroatoms. The zero-order chi connectivity index (χ0) is 12.7. The van der Waals surface area contributed by atoms with Crippen molar-refractivity contribution in [2.45, 2.75) is 6.61 Å². The number of ether oxygens (including phenoxy) is 3. The van der Waals surface area contributed by atoms with Crippen LogP contribution in [0.1, 0.15) is 5.56 Å². The van der Waals surface area contributed by atoms with Gasteiger partial charge in [0.1, 0.15) is 12.4 Å². The smallest absolute Gasteiger partial charge is 0.497 e. The van der Waals surface area contributed by atoms with E-state index in [4.69, 9.17) is 15.2 Å². The molecule has 1 rings (SSSR count). The largest absolute Gasteiger partial charge is 0.516 e. The summed E-state index contributed by atoms with van der Waals surface area (Å²) in [5.74, 6) is -0.126. The third-order valence-corrected chi connectivity index (χ3v) is 1.88. The van der Waals surface area contributed by atoms with Gasteiger partial charge in [-0.1, -0.05) is 12.1 Å². The predicted molar refractivity (Wildman–Crippen MR) is 58.3 cm³/mol. The van der Waals surface area contributed by atoms with Crippen LogP contribution in [0.5, 0.6) is 5.75 Å². The molecule has 92 valence electrons. The maximum atomic E-state index is 11.0. The predicted octanol–water partition coefficient (Wildman–Crippen LogP) is 0.834. The zero-order valence-corrected chi connectivity index (χ0v) is 9.34. The van der Waals surface area contributed by atoms with Crippen molar-refractivity contribution in [1.29, 1.82) is 0 Å². The molecule has 1 aromatic rings. The van der Waals surface area contributed by atoms with E-state index in [1.807, 2.05) is 0 Å². The number of esters is 1. The Hall–Kier alpha value is -2.08. The molecule has 0 spiro atoms. The molecule has 0 unspecified atom stereocenters. The zero-order valence-electron chi connectivity index (χ0n) is 9.34. The average molecular weight is 239 g/mol. The van der Waals surface area contributed by atoms with Crippen molar-refractivity contribution in [2.75, 3.05) is 13.7 Å². The van der Waals surface area contributed by atoms with Crippen molar-refractivity contribution in [2.24, 2.45) is 5.73 Å². The van der Waals surface area contributed by atoms with E-state index in [0.717, 1.165) is 5.56 Å². The number of methoxy groups -OCH3 is 1. The number of hydrogen-bond donors (Lipinski definition) is 1. The lowest BCUT2D eigenvalue weighted by Crippen LogP contribution is -2.21. The van der Waals surface area contributed by atoms with Crippen LogP contribution in [0.4, 0.5) is 4.79 Å². The summed E-state index contributed by atoms with van der Waals surface area (Å²) in [6, 6.07) is 6.93. The highest BCUT2D eigenvalue weighted by Gasteiger charge is 2.09. The minimum atomic E-state index is -1.06. The van der Waals surface area contributed by atoms with Gasteiger partial charge in [-0.15, -0.1) is 0 Å². The molecule has 2 N–H and O–H groups in total. The molecular weight excluding hydrogens is 226 g/mol. The van der Waals surface area contributed by atoms with Crippen LogP contribution >= 0.6 is 0 Å². The van der Waals surface area contributed by atoms with Gasteiger partial charge < -0.3 is 19.9 Å². The molecular formula is C11H13NO5. The quantitative estimate of drug-likeness (QED) is 0.618. The Morgan fingerprint density at radius 1 is 1.24 bits per heavy atom. The summed E-state index contributed by atoms with van der Waals surface area (Å²) < 4.78 is 13.9. The van der Waals surface area contributed by atoms with Gasteiger partial charge in [0, 0.05) is 0 Å². The lowest BCUT2D eigenvalue weighted by molar-refractivity contribution is -0.138. The van der Waals surface area contributed by atoms with Crippen molar-refractivity contribution in [3.05, 3.63) is 29.8 Å². The normalized spacial score (nSPS) is 9.53. The van der Waals surface area contributed by atoms with Gasteiger partial charge in [-0.05, 0) is 17.7 Å². The summed E-state index contributed by atoms with van der Waals surface area (Å²) in [5.41, 5.74) is 5.72. The van der Waals surface area contributed by atoms with E-state index in [1.54, 1.807) is 31.4 Å². The number of carbonyl (C=O) groups is 2. The molecule has 0 aliphatic rings. The molecule has 0 aliphatic carbocycles. The summed E-state index contributed by atoms with van der Waals surface area (Å²) in [5, 5.41) is 0. The third-order valence-electron chi connectivity index (χ3n) is 1.88. The molecule has 0 saturated carbocycles. The second kappa shape index (κ2) is 6.49. The Morgan fingerprint density at radius 3 is 2.41 bits per heavy atom. The highest BCUT2D eigenvalue weighted by molar-refractivity contribution is 5.82. The first-order valence-electron chi connectivity index (χ1n) is 4.86. The fraction of sp³-hybridized carbons (Fsp3) is 0.273. The van der Waals surface area contributed by atoms with Crippen LogP contribution in [0, 0.1) is 0 Å². The molecule has 17 heavy (non-hydrogen) atoms. The van der Waals surface area contributed by atoms with Gasteiger partial charge in [0.15, 0.2) is 0 Å². The van der Waals surface area contributed by atoms with Crippen molar-refractivity contribution < 1.29 is 23.8 Å². The lowest BCUT2D eigenvalue weighted by atomic mass is 10.2. The van der Waals surface area contributed by atoms with E-state index in [0.29, 0.717) is 5.75 Å². The summed E-state index contributed by atoms with van der Waals surface area (Å²) in [6.07, 6.45) is -1.06. The summed E-state index contributed by atoms with van der Waals surface area (Å²) in [4.78, 5) is 21.6. The van der Waals surface area contributed by atoms with Crippen LogP contribution in [-0.4, -0.2) is 25.8 Å². The molecule has 0 heterocycles. The highest BCUT2D eigenvalue weighted by atomic mass is 16.7. The summed E-state index contributed by atoms with van der Waals surface area (Å²) in [7, 11) is 1.56. The number of carbonyl (C=O) groups excluding carboxylic acids is 2. The molecule has 0 amide bonds. The molecule has 6 nitrogen and oxygen atoms in total. The van der Waals surface area contributed by atoms with Crippen LogP contribution < -0.4 is 10.5 Å². The molecule has 1 aromatic carbocycles. The van der Waals surface area contributed by atoms with Crippen molar-refractivity contribution in [3.63, 3.8) is 0 Å². The highest BCUT2D eigenvalue weighted by Crippen LogP contribution is 2.12. The maximum Gasteiger partial charge on any atom is 0.516 e. The van der Waals surface area contributed by atoms with Gasteiger partial charge in [-0.2, -0.15) is 0 Å².